The van der Waals surface area contributed by atoms with Gasteiger partial charge < -0.3 is 24.8 Å². The number of aromatic nitrogens is 3. The molecule has 0 unspecified atom stereocenters. The van der Waals surface area contributed by atoms with E-state index in [1.807, 2.05) is 24.3 Å². The Balaban J connectivity index is 1.18. The molecule has 0 radical (unpaired) electrons. The predicted octanol–water partition coefficient (Wildman–Crippen LogP) is 5.04. The first kappa shape index (κ1) is 21.9. The number of hydrogen-bond donors (Lipinski definition) is 2. The number of carbonyl (C=O) groups is 1. The molecular formula is C23H19ClF2N6O2. The number of anilines is 2. The van der Waals surface area contributed by atoms with Crippen molar-refractivity contribution < 1.29 is 18.3 Å². The number of nitrogens with zero attached hydrogens (tertiary/aromatic N) is 4. The molecule has 1 aliphatic rings. The van der Waals surface area contributed by atoms with Gasteiger partial charge in [0, 0.05) is 38.1 Å². The highest BCUT2D eigenvalue weighted by Crippen LogP contribution is 2.28. The first-order valence-electron chi connectivity index (χ1n) is 10.5. The minimum Gasteiger partial charge on any atom is -0.438 e. The Morgan fingerprint density at radius 2 is 1.79 bits per heavy atom. The molecule has 2 aromatic carbocycles. The number of hydrogen-bond acceptors (Lipinski definition) is 5. The number of urea groups is 1. The lowest BCUT2D eigenvalue weighted by atomic mass is 10.2. The van der Waals surface area contributed by atoms with Gasteiger partial charge in [-0.1, -0.05) is 11.6 Å². The number of fused-ring (bicyclic) bond motifs is 1. The number of benzene rings is 2. The molecule has 34 heavy (non-hydrogen) atoms. The second-order valence-corrected chi connectivity index (χ2v) is 8.05. The molecule has 2 aromatic heterocycles. The summed E-state index contributed by atoms with van der Waals surface area (Å²) in [5.74, 6) is -1.00. The van der Waals surface area contributed by atoms with Crippen molar-refractivity contribution >= 4 is 39.9 Å². The van der Waals surface area contributed by atoms with Gasteiger partial charge in [-0.2, -0.15) is 0 Å². The molecule has 0 spiro atoms. The molecule has 2 amide bonds. The van der Waals surface area contributed by atoms with Crippen LogP contribution in [0.5, 0.6) is 11.6 Å². The van der Waals surface area contributed by atoms with Crippen LogP contribution in [0.2, 0.25) is 5.15 Å². The molecule has 3 heterocycles. The summed E-state index contributed by atoms with van der Waals surface area (Å²) in [5.41, 5.74) is 1.61. The molecule has 2 N–H and O–H groups in total. The zero-order valence-electron chi connectivity index (χ0n) is 17.8. The van der Waals surface area contributed by atoms with Crippen molar-refractivity contribution in [3.8, 4) is 11.6 Å². The third kappa shape index (κ3) is 4.44. The fourth-order valence-electron chi connectivity index (χ4n) is 3.82. The molecule has 1 saturated heterocycles. The fraction of sp³-hybridized carbons (Fsp3) is 0.174. The summed E-state index contributed by atoms with van der Waals surface area (Å²) in [5, 5.41) is 3.00. The summed E-state index contributed by atoms with van der Waals surface area (Å²) in [7, 11) is 0. The van der Waals surface area contributed by atoms with Crippen LogP contribution in [0.3, 0.4) is 0 Å². The van der Waals surface area contributed by atoms with E-state index in [0.29, 0.717) is 43.3 Å². The average molecular weight is 485 g/mol. The van der Waals surface area contributed by atoms with Crippen molar-refractivity contribution in [2.24, 2.45) is 0 Å². The summed E-state index contributed by atoms with van der Waals surface area (Å²) in [6, 6.07) is 9.63. The van der Waals surface area contributed by atoms with Crippen LogP contribution in [0.1, 0.15) is 0 Å². The lowest BCUT2D eigenvalue weighted by Gasteiger charge is -2.36. The van der Waals surface area contributed by atoms with Crippen molar-refractivity contribution in [2.45, 2.75) is 0 Å². The van der Waals surface area contributed by atoms with Crippen LogP contribution in [0, 0.1) is 11.6 Å². The standard InChI is InChI=1S/C23H19ClF2N6O2/c24-19-12-29-20(13-28-19)34-15-3-1-14(2-4-15)31-7-9-32(10-8-31)23(33)30-18-11-27-17-6-5-16(25)22(26)21(17)18/h1-6,11-13,27H,7-10H2,(H,30,33). The molecule has 1 aliphatic heterocycles. The van der Waals surface area contributed by atoms with Gasteiger partial charge in [0.15, 0.2) is 11.6 Å². The van der Waals surface area contributed by atoms with Crippen LogP contribution < -0.4 is 15.0 Å². The predicted molar refractivity (Wildman–Crippen MR) is 125 cm³/mol. The van der Waals surface area contributed by atoms with Crippen molar-refractivity contribution in [1.29, 1.82) is 0 Å². The van der Waals surface area contributed by atoms with E-state index in [1.54, 1.807) is 4.90 Å². The molecule has 174 valence electrons. The third-order valence-corrected chi connectivity index (χ3v) is 5.76. The van der Waals surface area contributed by atoms with Gasteiger partial charge in [-0.15, -0.1) is 0 Å². The monoisotopic (exact) mass is 484 g/mol. The Morgan fingerprint density at radius 3 is 2.50 bits per heavy atom. The summed E-state index contributed by atoms with van der Waals surface area (Å²) in [4.78, 5) is 27.3. The first-order chi connectivity index (χ1) is 16.5. The van der Waals surface area contributed by atoms with Gasteiger partial charge in [-0.3, -0.25) is 0 Å². The van der Waals surface area contributed by atoms with E-state index in [2.05, 4.69) is 25.2 Å². The van der Waals surface area contributed by atoms with Crippen molar-refractivity contribution in [2.75, 3.05) is 36.4 Å². The van der Waals surface area contributed by atoms with E-state index < -0.39 is 11.6 Å². The van der Waals surface area contributed by atoms with E-state index in [1.165, 1.54) is 24.7 Å². The quantitative estimate of drug-likeness (QED) is 0.424. The number of ether oxygens (including phenoxy) is 1. The molecule has 11 heteroatoms. The lowest BCUT2D eigenvalue weighted by molar-refractivity contribution is 0.208. The zero-order valence-corrected chi connectivity index (χ0v) is 18.5. The van der Waals surface area contributed by atoms with Gasteiger partial charge in [-0.25, -0.2) is 23.5 Å². The van der Waals surface area contributed by atoms with Crippen LogP contribution in [-0.4, -0.2) is 52.1 Å². The van der Waals surface area contributed by atoms with E-state index in [-0.39, 0.29) is 22.3 Å². The van der Waals surface area contributed by atoms with E-state index in [4.69, 9.17) is 16.3 Å². The molecule has 0 bridgehead atoms. The highest BCUT2D eigenvalue weighted by molar-refractivity contribution is 6.29. The molecule has 8 nitrogen and oxygen atoms in total. The molecule has 0 saturated carbocycles. The maximum atomic E-state index is 14.2. The van der Waals surface area contributed by atoms with Gasteiger partial charge >= 0.3 is 6.03 Å². The normalized spacial score (nSPS) is 13.9. The Labute approximate surface area is 198 Å². The number of halogens is 3. The second kappa shape index (κ2) is 9.14. The number of nitrogens with one attached hydrogen (secondary N) is 2. The smallest absolute Gasteiger partial charge is 0.322 e. The Morgan fingerprint density at radius 1 is 1.03 bits per heavy atom. The van der Waals surface area contributed by atoms with Crippen LogP contribution in [0.15, 0.2) is 55.0 Å². The number of amides is 2. The maximum Gasteiger partial charge on any atom is 0.322 e. The minimum atomic E-state index is -0.991. The Hall–Kier alpha value is -3.92. The number of H-pyrrole nitrogens is 1. The number of rotatable bonds is 4. The average Bonchev–Trinajstić information content (AvgIpc) is 3.27. The van der Waals surface area contributed by atoms with Crippen molar-refractivity contribution in [3.05, 3.63) is 71.8 Å². The Bertz CT molecular complexity index is 1320. The number of piperazine rings is 1. The van der Waals surface area contributed by atoms with Crippen LogP contribution in [-0.2, 0) is 0 Å². The second-order valence-electron chi connectivity index (χ2n) is 7.66. The highest BCUT2D eigenvalue weighted by Gasteiger charge is 2.23. The maximum absolute atomic E-state index is 14.2. The van der Waals surface area contributed by atoms with Gasteiger partial charge in [-0.05, 0) is 36.4 Å². The van der Waals surface area contributed by atoms with Gasteiger partial charge in [0.25, 0.3) is 0 Å². The lowest BCUT2D eigenvalue weighted by Crippen LogP contribution is -2.50. The first-order valence-corrected chi connectivity index (χ1v) is 10.9. The molecule has 5 rings (SSSR count). The van der Waals surface area contributed by atoms with E-state index in [0.717, 1.165) is 11.8 Å². The number of aromatic amines is 1. The van der Waals surface area contributed by atoms with Crippen LogP contribution in [0.4, 0.5) is 25.0 Å². The van der Waals surface area contributed by atoms with Crippen molar-refractivity contribution in [3.63, 3.8) is 0 Å². The topological polar surface area (TPSA) is 86.4 Å². The largest absolute Gasteiger partial charge is 0.438 e. The van der Waals surface area contributed by atoms with Gasteiger partial charge in [0.05, 0.1) is 29.0 Å². The highest BCUT2D eigenvalue weighted by atomic mass is 35.5. The summed E-state index contributed by atoms with van der Waals surface area (Å²) in [6.07, 6.45) is 4.32. The minimum absolute atomic E-state index is 0.0267. The molecular weight excluding hydrogens is 466 g/mol. The fourth-order valence-corrected chi connectivity index (χ4v) is 3.91. The summed E-state index contributed by atoms with van der Waals surface area (Å²) in [6.45, 7) is 2.19. The van der Waals surface area contributed by atoms with E-state index >= 15 is 0 Å². The molecule has 1 fully saturated rings. The SMILES string of the molecule is O=C(Nc1c[nH]c2ccc(F)c(F)c12)N1CCN(c2ccc(Oc3cnc(Cl)cn3)cc2)CC1. The zero-order chi connectivity index (χ0) is 23.7. The molecule has 0 atom stereocenters. The molecule has 4 aromatic rings. The van der Waals surface area contributed by atoms with Crippen LogP contribution >= 0.6 is 11.6 Å². The summed E-state index contributed by atoms with van der Waals surface area (Å²) < 4.78 is 33.5. The number of carbonyl (C=O) groups excluding carboxylic acids is 1. The molecule has 0 aliphatic carbocycles. The van der Waals surface area contributed by atoms with Crippen molar-refractivity contribution in [1.82, 2.24) is 19.9 Å². The van der Waals surface area contributed by atoms with Gasteiger partial charge in [0.2, 0.25) is 5.88 Å². The summed E-state index contributed by atoms with van der Waals surface area (Å²) >= 11 is 5.73. The Kier molecular flexibility index (Phi) is 5.89. The van der Waals surface area contributed by atoms with E-state index in [9.17, 15) is 13.6 Å². The third-order valence-electron chi connectivity index (χ3n) is 5.57. The van der Waals surface area contributed by atoms with Gasteiger partial charge in [0.1, 0.15) is 10.9 Å². The van der Waals surface area contributed by atoms with Crippen LogP contribution in [0.25, 0.3) is 10.9 Å².